The monoisotopic (exact) mass is 457 g/mol. The van der Waals surface area contributed by atoms with E-state index in [1.807, 2.05) is 13.8 Å². The summed E-state index contributed by atoms with van der Waals surface area (Å²) in [6.45, 7) is 3.51. The van der Waals surface area contributed by atoms with Crippen LogP contribution >= 0.6 is 11.6 Å². The number of nitrogens with zero attached hydrogens (tertiary/aromatic N) is 4. The highest BCUT2D eigenvalue weighted by Crippen LogP contribution is 2.20. The smallest absolute Gasteiger partial charge is 0.352 e. The first kappa shape index (κ1) is 21.8. The van der Waals surface area contributed by atoms with E-state index in [1.165, 1.54) is 27.2 Å². The molecule has 0 atom stereocenters. The van der Waals surface area contributed by atoms with Crippen LogP contribution in [0.2, 0.25) is 5.02 Å². The molecule has 8 nitrogen and oxygen atoms in total. The minimum atomic E-state index is -0.561. The molecule has 10 heteroatoms. The summed E-state index contributed by atoms with van der Waals surface area (Å²) in [7, 11) is 0. The first-order valence-corrected chi connectivity index (χ1v) is 10.5. The van der Waals surface area contributed by atoms with Gasteiger partial charge in [-0.2, -0.15) is 0 Å². The van der Waals surface area contributed by atoms with Gasteiger partial charge in [-0.05, 0) is 38.1 Å². The second-order valence-corrected chi connectivity index (χ2v) is 8.13. The van der Waals surface area contributed by atoms with Crippen LogP contribution in [0.25, 0.3) is 16.7 Å². The normalized spacial score (nSPS) is 11.5. The molecule has 0 unspecified atom stereocenters. The molecule has 0 aliphatic carbocycles. The lowest BCUT2D eigenvalue weighted by Crippen LogP contribution is -2.32. The first-order chi connectivity index (χ1) is 15.3. The van der Waals surface area contributed by atoms with Gasteiger partial charge in [-0.1, -0.05) is 29.8 Å². The molecule has 0 bridgehead atoms. The zero-order valence-corrected chi connectivity index (χ0v) is 18.3. The molecule has 0 saturated carbocycles. The van der Waals surface area contributed by atoms with E-state index in [0.717, 1.165) is 4.68 Å². The van der Waals surface area contributed by atoms with Gasteiger partial charge in [-0.3, -0.25) is 14.2 Å². The first-order valence-electron chi connectivity index (χ1n) is 10.1. The van der Waals surface area contributed by atoms with Crippen molar-refractivity contribution < 1.29 is 9.18 Å². The molecule has 0 aliphatic heterocycles. The maximum atomic E-state index is 14.3. The molecule has 1 N–H and O–H groups in total. The number of benzene rings is 2. The Hall–Kier alpha value is -3.46. The number of amides is 1. The zero-order chi connectivity index (χ0) is 23.0. The number of halogens is 2. The van der Waals surface area contributed by atoms with Gasteiger partial charge in [0.15, 0.2) is 0 Å². The van der Waals surface area contributed by atoms with Gasteiger partial charge in [0.2, 0.25) is 11.7 Å². The van der Waals surface area contributed by atoms with Crippen LogP contribution in [0, 0.1) is 5.82 Å². The lowest BCUT2D eigenvalue weighted by Gasteiger charge is -2.11. The van der Waals surface area contributed by atoms with Gasteiger partial charge in [-0.25, -0.2) is 18.3 Å². The number of fused-ring (bicyclic) bond motifs is 3. The van der Waals surface area contributed by atoms with Crippen molar-refractivity contribution in [3.63, 3.8) is 0 Å². The predicted octanol–water partition coefficient (Wildman–Crippen LogP) is 2.57. The third-order valence-electron chi connectivity index (χ3n) is 5.07. The molecule has 0 aliphatic rings. The fraction of sp³-hybridized carbons (Fsp3) is 0.273. The molecule has 0 radical (unpaired) electrons. The summed E-state index contributed by atoms with van der Waals surface area (Å²) < 4.78 is 18.0. The number of hydrogen-bond acceptors (Lipinski definition) is 4. The molecule has 4 rings (SSSR count). The Kier molecular flexibility index (Phi) is 5.84. The SMILES string of the molecule is CC(C)NC(=O)CCn1c(=O)c2ccccc2n2c(=O)n(Cc3c(F)cccc3Cl)nc12. The van der Waals surface area contributed by atoms with Gasteiger partial charge in [0.05, 0.1) is 17.4 Å². The van der Waals surface area contributed by atoms with E-state index in [0.29, 0.717) is 10.9 Å². The van der Waals surface area contributed by atoms with E-state index in [2.05, 4.69) is 10.4 Å². The van der Waals surface area contributed by atoms with Crippen LogP contribution in [0.1, 0.15) is 25.8 Å². The minimum Gasteiger partial charge on any atom is -0.354 e. The second-order valence-electron chi connectivity index (χ2n) is 7.72. The highest BCUT2D eigenvalue weighted by molar-refractivity contribution is 6.31. The van der Waals surface area contributed by atoms with Crippen LogP contribution in [0.4, 0.5) is 4.39 Å². The van der Waals surface area contributed by atoms with E-state index in [4.69, 9.17) is 11.6 Å². The number of aromatic nitrogens is 4. The number of hydrogen-bond donors (Lipinski definition) is 1. The molecule has 0 fully saturated rings. The number of rotatable bonds is 6. The summed E-state index contributed by atoms with van der Waals surface area (Å²) in [5, 5.41) is 7.57. The van der Waals surface area contributed by atoms with Crippen LogP contribution in [0.5, 0.6) is 0 Å². The van der Waals surface area contributed by atoms with Gasteiger partial charge < -0.3 is 5.32 Å². The summed E-state index contributed by atoms with van der Waals surface area (Å²) in [5.41, 5.74) is -0.414. The molecule has 2 aromatic carbocycles. The standard InChI is InChI=1S/C22H21ClFN5O3/c1-13(2)25-19(30)10-11-27-20(31)14-6-3-4-9-18(14)29-21(27)26-28(22(29)32)12-15-16(23)7-5-8-17(15)24/h3-9,13H,10-12H2,1-2H3,(H,25,30). The summed E-state index contributed by atoms with van der Waals surface area (Å²) in [4.78, 5) is 38.5. The molecule has 1 amide bonds. The highest BCUT2D eigenvalue weighted by atomic mass is 35.5. The second kappa shape index (κ2) is 8.58. The largest absolute Gasteiger partial charge is 0.354 e. The minimum absolute atomic E-state index is 0.0304. The highest BCUT2D eigenvalue weighted by Gasteiger charge is 2.19. The van der Waals surface area contributed by atoms with Crippen molar-refractivity contribution in [2.75, 3.05) is 0 Å². The van der Waals surface area contributed by atoms with Crippen molar-refractivity contribution in [1.82, 2.24) is 24.1 Å². The summed E-state index contributed by atoms with van der Waals surface area (Å²) in [5.74, 6) is -0.712. The average Bonchev–Trinajstić information content (AvgIpc) is 3.06. The van der Waals surface area contributed by atoms with Gasteiger partial charge >= 0.3 is 5.69 Å². The zero-order valence-electron chi connectivity index (χ0n) is 17.5. The summed E-state index contributed by atoms with van der Waals surface area (Å²) in [6, 6.07) is 10.9. The Morgan fingerprint density at radius 3 is 2.62 bits per heavy atom. The maximum absolute atomic E-state index is 14.3. The molecular formula is C22H21ClFN5O3. The van der Waals surface area contributed by atoms with Crippen LogP contribution in [0.3, 0.4) is 0 Å². The number of nitrogens with one attached hydrogen (secondary N) is 1. The number of para-hydroxylation sites is 1. The van der Waals surface area contributed by atoms with Crippen LogP contribution in [-0.4, -0.2) is 30.7 Å². The Morgan fingerprint density at radius 1 is 1.16 bits per heavy atom. The van der Waals surface area contributed by atoms with Crippen molar-refractivity contribution >= 4 is 34.2 Å². The molecule has 32 heavy (non-hydrogen) atoms. The summed E-state index contributed by atoms with van der Waals surface area (Å²) >= 11 is 6.12. The van der Waals surface area contributed by atoms with Gasteiger partial charge in [0.1, 0.15) is 5.82 Å². The Labute approximate surface area is 186 Å². The summed E-state index contributed by atoms with van der Waals surface area (Å²) in [6.07, 6.45) is 0.0340. The number of carbonyl (C=O) groups excluding carboxylic acids is 1. The van der Waals surface area contributed by atoms with Crippen LogP contribution in [-0.2, 0) is 17.9 Å². The molecular weight excluding hydrogens is 437 g/mol. The third-order valence-corrected chi connectivity index (χ3v) is 5.42. The topological polar surface area (TPSA) is 90.4 Å². The van der Waals surface area contributed by atoms with Crippen LogP contribution < -0.4 is 16.6 Å². The lowest BCUT2D eigenvalue weighted by atomic mass is 10.2. The molecule has 0 spiro atoms. The van der Waals surface area contributed by atoms with E-state index in [1.54, 1.807) is 24.3 Å². The Balaban J connectivity index is 1.88. The Bertz CT molecular complexity index is 1430. The van der Waals surface area contributed by atoms with Crippen molar-refractivity contribution in [1.29, 1.82) is 0 Å². The average molecular weight is 458 g/mol. The third kappa shape index (κ3) is 3.91. The fourth-order valence-corrected chi connectivity index (χ4v) is 3.84. The fourth-order valence-electron chi connectivity index (χ4n) is 3.61. The molecule has 2 aromatic heterocycles. The van der Waals surface area contributed by atoms with Crippen molar-refractivity contribution in [3.05, 3.63) is 79.7 Å². The lowest BCUT2D eigenvalue weighted by molar-refractivity contribution is -0.121. The van der Waals surface area contributed by atoms with E-state index < -0.39 is 11.5 Å². The van der Waals surface area contributed by atoms with Crippen molar-refractivity contribution in [2.24, 2.45) is 0 Å². The molecule has 166 valence electrons. The van der Waals surface area contributed by atoms with Crippen molar-refractivity contribution in [2.45, 2.75) is 39.4 Å². The predicted molar refractivity (Wildman–Crippen MR) is 120 cm³/mol. The van der Waals surface area contributed by atoms with Gasteiger partial charge in [0, 0.05) is 29.6 Å². The quantitative estimate of drug-likeness (QED) is 0.482. The van der Waals surface area contributed by atoms with Gasteiger partial charge in [-0.15, -0.1) is 5.10 Å². The molecule has 0 saturated heterocycles. The van der Waals surface area contributed by atoms with Crippen molar-refractivity contribution in [3.8, 4) is 0 Å². The molecule has 4 aromatic rings. The van der Waals surface area contributed by atoms with E-state index in [-0.39, 0.29) is 53.4 Å². The van der Waals surface area contributed by atoms with Crippen LogP contribution in [0.15, 0.2) is 52.1 Å². The number of aryl methyl sites for hydroxylation is 1. The maximum Gasteiger partial charge on any atom is 0.352 e. The van der Waals surface area contributed by atoms with E-state index in [9.17, 15) is 18.8 Å². The van der Waals surface area contributed by atoms with Gasteiger partial charge in [0.25, 0.3) is 5.56 Å². The molecule has 2 heterocycles. The van der Waals surface area contributed by atoms with E-state index >= 15 is 0 Å². The number of carbonyl (C=O) groups is 1. The Morgan fingerprint density at radius 2 is 1.91 bits per heavy atom.